The van der Waals surface area contributed by atoms with E-state index < -0.39 is 10.5 Å². The van der Waals surface area contributed by atoms with E-state index in [4.69, 9.17) is 4.42 Å². The predicted molar refractivity (Wildman–Crippen MR) is 123 cm³/mol. The first-order chi connectivity index (χ1) is 15.5. The van der Waals surface area contributed by atoms with Crippen molar-refractivity contribution in [2.75, 3.05) is 5.32 Å². The Hall–Kier alpha value is -4.29. The highest BCUT2D eigenvalue weighted by Crippen LogP contribution is 2.28. The van der Waals surface area contributed by atoms with Crippen LogP contribution >= 0.6 is 11.3 Å². The maximum absolute atomic E-state index is 12.4. The number of aromatic nitrogens is 1. The number of nitro groups is 1. The molecule has 2 heterocycles. The van der Waals surface area contributed by atoms with Crippen molar-refractivity contribution in [1.82, 2.24) is 4.98 Å². The summed E-state index contributed by atoms with van der Waals surface area (Å²) in [7, 11) is 0. The van der Waals surface area contributed by atoms with Crippen LogP contribution in [0.4, 0.5) is 11.4 Å². The normalized spacial score (nSPS) is 11.3. The van der Waals surface area contributed by atoms with Crippen LogP contribution in [0.5, 0.6) is 0 Å². The number of thiazole rings is 1. The molecular formula is C23H16N4O4S. The molecule has 0 fully saturated rings. The van der Waals surface area contributed by atoms with Gasteiger partial charge in [-0.3, -0.25) is 10.1 Å². The minimum Gasteiger partial charge on any atom is -0.422 e. The summed E-state index contributed by atoms with van der Waals surface area (Å²) in [6.45, 7) is 2.08. The molecule has 0 spiro atoms. The van der Waals surface area contributed by atoms with Gasteiger partial charge in [-0.15, -0.1) is 11.3 Å². The third-order valence-electron chi connectivity index (χ3n) is 4.80. The average molecular weight is 444 g/mol. The molecule has 9 heteroatoms. The summed E-state index contributed by atoms with van der Waals surface area (Å²) in [5, 5.41) is 26.2. The highest BCUT2D eigenvalue weighted by molar-refractivity contribution is 7.11. The van der Waals surface area contributed by atoms with Gasteiger partial charge in [-0.2, -0.15) is 5.26 Å². The average Bonchev–Trinajstić information content (AvgIpc) is 3.29. The van der Waals surface area contributed by atoms with Gasteiger partial charge < -0.3 is 9.73 Å². The van der Waals surface area contributed by atoms with Crippen molar-refractivity contribution in [3.05, 3.63) is 91.2 Å². The van der Waals surface area contributed by atoms with Crippen LogP contribution in [0.25, 0.3) is 27.8 Å². The number of benzene rings is 2. The van der Waals surface area contributed by atoms with Crippen LogP contribution in [-0.4, -0.2) is 9.91 Å². The molecule has 0 radical (unpaired) electrons. The minimum atomic E-state index is -0.611. The number of allylic oxidation sites excluding steroid dienone is 1. The highest BCUT2D eigenvalue weighted by Gasteiger charge is 2.15. The Balaban J connectivity index is 1.65. The van der Waals surface area contributed by atoms with Gasteiger partial charge in [-0.25, -0.2) is 9.78 Å². The van der Waals surface area contributed by atoms with E-state index in [1.165, 1.54) is 41.2 Å². The molecule has 32 heavy (non-hydrogen) atoms. The molecule has 0 atom stereocenters. The highest BCUT2D eigenvalue weighted by atomic mass is 32.1. The molecule has 8 nitrogen and oxygen atoms in total. The van der Waals surface area contributed by atoms with Gasteiger partial charge in [0, 0.05) is 34.8 Å². The van der Waals surface area contributed by atoms with Crippen molar-refractivity contribution in [3.8, 4) is 17.3 Å². The predicted octanol–water partition coefficient (Wildman–Crippen LogP) is 5.36. The fraction of sp³-hybridized carbons (Fsp3) is 0.0870. The van der Waals surface area contributed by atoms with Crippen LogP contribution < -0.4 is 10.9 Å². The Labute approximate surface area is 186 Å². The van der Waals surface area contributed by atoms with Crippen molar-refractivity contribution in [2.24, 2.45) is 0 Å². The van der Waals surface area contributed by atoms with E-state index in [0.29, 0.717) is 21.7 Å². The van der Waals surface area contributed by atoms with E-state index in [1.807, 2.05) is 24.3 Å². The molecule has 0 aliphatic rings. The van der Waals surface area contributed by atoms with Crippen LogP contribution in [0.1, 0.15) is 17.5 Å². The number of nitro benzene ring substituents is 1. The van der Waals surface area contributed by atoms with Gasteiger partial charge in [0.1, 0.15) is 22.2 Å². The number of hydrogen-bond donors (Lipinski definition) is 1. The molecule has 4 aromatic rings. The fourth-order valence-corrected chi connectivity index (χ4v) is 3.84. The number of nitriles is 1. The van der Waals surface area contributed by atoms with Gasteiger partial charge in [-0.05, 0) is 36.2 Å². The van der Waals surface area contributed by atoms with Crippen LogP contribution in [0, 0.1) is 21.4 Å². The second kappa shape index (κ2) is 8.83. The molecule has 0 bridgehead atoms. The number of fused-ring (bicyclic) bond motifs is 1. The van der Waals surface area contributed by atoms with Gasteiger partial charge in [0.05, 0.1) is 16.2 Å². The van der Waals surface area contributed by atoms with Crippen LogP contribution in [0.3, 0.4) is 0 Å². The van der Waals surface area contributed by atoms with Crippen LogP contribution in [0.2, 0.25) is 0 Å². The number of aryl methyl sites for hydroxylation is 1. The van der Waals surface area contributed by atoms with Crippen molar-refractivity contribution in [1.29, 1.82) is 5.26 Å². The summed E-state index contributed by atoms with van der Waals surface area (Å²) in [5.41, 5.74) is 2.38. The lowest BCUT2D eigenvalue weighted by atomic mass is 10.1. The number of nitrogens with one attached hydrogen (secondary N) is 1. The molecule has 0 unspecified atom stereocenters. The lowest BCUT2D eigenvalue weighted by Crippen LogP contribution is -2.03. The summed E-state index contributed by atoms with van der Waals surface area (Å²) in [4.78, 5) is 27.4. The van der Waals surface area contributed by atoms with Gasteiger partial charge in [0.15, 0.2) is 0 Å². The largest absolute Gasteiger partial charge is 0.422 e. The minimum absolute atomic E-state index is 0.107. The number of nitrogens with zero attached hydrogens (tertiary/aromatic N) is 3. The van der Waals surface area contributed by atoms with E-state index in [-0.39, 0.29) is 16.8 Å². The topological polar surface area (TPSA) is 122 Å². The second-order valence-electron chi connectivity index (χ2n) is 6.83. The van der Waals surface area contributed by atoms with E-state index in [9.17, 15) is 20.2 Å². The third-order valence-corrected chi connectivity index (χ3v) is 5.68. The number of anilines is 1. The Kier molecular flexibility index (Phi) is 5.79. The van der Waals surface area contributed by atoms with Crippen molar-refractivity contribution in [2.45, 2.75) is 13.3 Å². The van der Waals surface area contributed by atoms with Gasteiger partial charge in [0.25, 0.3) is 5.69 Å². The van der Waals surface area contributed by atoms with Gasteiger partial charge >= 0.3 is 5.63 Å². The van der Waals surface area contributed by atoms with Gasteiger partial charge in [-0.1, -0.05) is 19.1 Å². The standard InChI is InChI=1S/C23H16N4O4S/c1-2-14-3-5-17(6-4-14)25-12-16(11-24)22-26-20(13-32-22)19-10-15-9-18(27(29)30)7-8-21(15)31-23(19)28/h3-10,12-13,25H,2H2,1H3/b16-12-. The molecule has 0 aliphatic heterocycles. The van der Waals surface area contributed by atoms with E-state index in [1.54, 1.807) is 11.6 Å². The second-order valence-corrected chi connectivity index (χ2v) is 7.69. The van der Waals surface area contributed by atoms with Crippen molar-refractivity contribution >= 4 is 39.3 Å². The Bertz CT molecular complexity index is 1450. The quantitative estimate of drug-likeness (QED) is 0.184. The monoisotopic (exact) mass is 444 g/mol. The number of rotatable bonds is 6. The fourth-order valence-electron chi connectivity index (χ4n) is 3.06. The Morgan fingerprint density at radius 1 is 1.28 bits per heavy atom. The summed E-state index contributed by atoms with van der Waals surface area (Å²) in [5.74, 6) is 0. The first kappa shape index (κ1) is 21.0. The maximum Gasteiger partial charge on any atom is 0.345 e. The van der Waals surface area contributed by atoms with Crippen LogP contribution in [-0.2, 0) is 6.42 Å². The molecule has 2 aromatic carbocycles. The molecule has 2 aromatic heterocycles. The first-order valence-electron chi connectivity index (χ1n) is 9.63. The Morgan fingerprint density at radius 2 is 2.06 bits per heavy atom. The summed E-state index contributed by atoms with van der Waals surface area (Å²) in [6.07, 6.45) is 2.51. The SMILES string of the molecule is CCc1ccc(N/C=C(/C#N)c2nc(-c3cc4cc([N+](=O)[O-])ccc4oc3=O)cs2)cc1. The molecule has 1 N–H and O–H groups in total. The summed E-state index contributed by atoms with van der Waals surface area (Å²) < 4.78 is 5.30. The zero-order valence-electron chi connectivity index (χ0n) is 16.9. The smallest absolute Gasteiger partial charge is 0.345 e. The molecule has 0 saturated heterocycles. The van der Waals surface area contributed by atoms with Crippen LogP contribution in [0.15, 0.2) is 69.3 Å². The third kappa shape index (κ3) is 4.26. The lowest BCUT2D eigenvalue weighted by molar-refractivity contribution is -0.384. The molecule has 0 aliphatic carbocycles. The zero-order chi connectivity index (χ0) is 22.7. The Morgan fingerprint density at radius 3 is 2.75 bits per heavy atom. The lowest BCUT2D eigenvalue weighted by Gasteiger charge is -2.03. The van der Waals surface area contributed by atoms with Crippen molar-refractivity contribution < 1.29 is 9.34 Å². The number of non-ortho nitro benzene ring substituents is 1. The van der Waals surface area contributed by atoms with Gasteiger partial charge in [0.2, 0.25) is 0 Å². The molecule has 4 rings (SSSR count). The van der Waals surface area contributed by atoms with E-state index in [2.05, 4.69) is 23.3 Å². The molecular weight excluding hydrogens is 428 g/mol. The van der Waals surface area contributed by atoms with E-state index >= 15 is 0 Å². The maximum atomic E-state index is 12.4. The molecule has 0 saturated carbocycles. The number of hydrogen-bond acceptors (Lipinski definition) is 8. The molecule has 158 valence electrons. The summed E-state index contributed by atoms with van der Waals surface area (Å²) >= 11 is 1.21. The zero-order valence-corrected chi connectivity index (χ0v) is 17.7. The van der Waals surface area contributed by atoms with Crippen molar-refractivity contribution in [3.63, 3.8) is 0 Å². The molecule has 0 amide bonds. The summed E-state index contributed by atoms with van der Waals surface area (Å²) in [6, 6.07) is 15.5. The first-order valence-corrected chi connectivity index (χ1v) is 10.5. The van der Waals surface area contributed by atoms with E-state index in [0.717, 1.165) is 12.1 Å².